The highest BCUT2D eigenvalue weighted by Crippen LogP contribution is 2.25. The number of benzene rings is 2. The summed E-state index contributed by atoms with van der Waals surface area (Å²) in [5, 5.41) is 14.6. The molecular formula is C30H39N7O4. The average molecular weight is 562 g/mol. The minimum Gasteiger partial charge on any atom is -0.388 e. The monoisotopic (exact) mass is 561 g/mol. The largest absolute Gasteiger partial charge is 0.388 e. The van der Waals surface area contributed by atoms with Crippen molar-refractivity contribution in [2.45, 2.75) is 38.0 Å². The van der Waals surface area contributed by atoms with Gasteiger partial charge in [0.15, 0.2) is 0 Å². The van der Waals surface area contributed by atoms with E-state index in [9.17, 15) is 19.5 Å². The van der Waals surface area contributed by atoms with Gasteiger partial charge < -0.3 is 30.9 Å². The summed E-state index contributed by atoms with van der Waals surface area (Å²) in [7, 11) is 2.10. The molecule has 2 saturated heterocycles. The van der Waals surface area contributed by atoms with E-state index in [2.05, 4.69) is 27.1 Å². The number of fused-ring (bicyclic) bond motifs is 1. The Labute approximate surface area is 239 Å². The number of hydrogen-bond acceptors (Lipinski definition) is 8. The fourth-order valence-corrected chi connectivity index (χ4v) is 5.52. The van der Waals surface area contributed by atoms with Crippen molar-refractivity contribution >= 4 is 28.4 Å². The van der Waals surface area contributed by atoms with Crippen molar-refractivity contribution in [3.63, 3.8) is 0 Å². The molecule has 2 amide bonds. The summed E-state index contributed by atoms with van der Waals surface area (Å²) in [6.45, 7) is 5.88. The van der Waals surface area contributed by atoms with Crippen LogP contribution < -0.4 is 16.6 Å². The predicted octanol–water partition coefficient (Wildman–Crippen LogP) is 1.10. The van der Waals surface area contributed by atoms with Crippen LogP contribution in [-0.4, -0.2) is 99.6 Å². The first kappa shape index (κ1) is 28.9. The second kappa shape index (κ2) is 12.5. The first-order valence-electron chi connectivity index (χ1n) is 14.2. The predicted molar refractivity (Wildman–Crippen MR) is 158 cm³/mol. The van der Waals surface area contributed by atoms with Gasteiger partial charge in [0.25, 0.3) is 11.5 Å². The number of carbonyl (C=O) groups excluding carboxylic acids is 2. The first-order chi connectivity index (χ1) is 19.7. The summed E-state index contributed by atoms with van der Waals surface area (Å²) in [4.78, 5) is 49.5. The molecule has 0 bridgehead atoms. The minimum atomic E-state index is -1.13. The summed E-state index contributed by atoms with van der Waals surface area (Å²) >= 11 is 0. The number of nitrogens with zero attached hydrogens (tertiary/aromatic N) is 5. The standard InChI is InChI=1S/C30H39N7O4/c1-34-13-15-35(16-14-34)10-7-27(38)33-24-5-6-25-26(18-24)32-21-37(29(25)40)20-30(41)8-11-36(12-9-30)28(39)23-4-2-3-22(17-23)19-31/h2-6,17-18,21,41H,7-16,19-20,31H2,1H3,(H,33,38). The number of amides is 2. The van der Waals surface area contributed by atoms with Gasteiger partial charge in [0.05, 0.1) is 29.4 Å². The molecule has 0 aliphatic carbocycles. The van der Waals surface area contributed by atoms with Crippen molar-refractivity contribution in [2.24, 2.45) is 5.73 Å². The van der Waals surface area contributed by atoms with Gasteiger partial charge in [-0.1, -0.05) is 12.1 Å². The Kier molecular flexibility index (Phi) is 8.79. The minimum absolute atomic E-state index is 0.0734. The molecule has 218 valence electrons. The Hall–Kier alpha value is -3.64. The van der Waals surface area contributed by atoms with Gasteiger partial charge in [-0.25, -0.2) is 4.98 Å². The number of rotatable bonds is 8. The van der Waals surface area contributed by atoms with E-state index in [1.54, 1.807) is 35.2 Å². The van der Waals surface area contributed by atoms with E-state index in [1.165, 1.54) is 10.9 Å². The van der Waals surface area contributed by atoms with E-state index >= 15 is 0 Å². The quantitative estimate of drug-likeness (QED) is 0.372. The first-order valence-corrected chi connectivity index (χ1v) is 14.2. The maximum atomic E-state index is 13.2. The second-order valence-electron chi connectivity index (χ2n) is 11.3. The van der Waals surface area contributed by atoms with Gasteiger partial charge in [-0.3, -0.25) is 19.0 Å². The van der Waals surface area contributed by atoms with Gasteiger partial charge in [-0.2, -0.15) is 0 Å². The van der Waals surface area contributed by atoms with Gasteiger partial charge in [-0.05, 0) is 55.8 Å². The molecule has 2 aliphatic rings. The molecule has 0 atom stereocenters. The fourth-order valence-electron chi connectivity index (χ4n) is 5.52. The van der Waals surface area contributed by atoms with Gasteiger partial charge >= 0.3 is 0 Å². The van der Waals surface area contributed by atoms with Crippen molar-refractivity contribution in [2.75, 3.05) is 58.2 Å². The van der Waals surface area contributed by atoms with Crippen molar-refractivity contribution in [3.8, 4) is 0 Å². The van der Waals surface area contributed by atoms with Crippen LogP contribution in [0.5, 0.6) is 0 Å². The van der Waals surface area contributed by atoms with Crippen molar-refractivity contribution in [1.29, 1.82) is 0 Å². The van der Waals surface area contributed by atoms with Crippen LogP contribution in [0, 0.1) is 0 Å². The molecule has 4 N–H and O–H groups in total. The Balaban J connectivity index is 1.18. The number of piperidine rings is 1. The number of anilines is 1. The molecule has 3 heterocycles. The molecule has 0 saturated carbocycles. The van der Waals surface area contributed by atoms with E-state index in [1.807, 2.05) is 12.1 Å². The molecule has 2 fully saturated rings. The molecule has 0 radical (unpaired) electrons. The number of piperazine rings is 1. The second-order valence-corrected chi connectivity index (χ2v) is 11.3. The molecule has 5 rings (SSSR count). The Morgan fingerprint density at radius 3 is 2.54 bits per heavy atom. The van der Waals surface area contributed by atoms with Crippen molar-refractivity contribution < 1.29 is 14.7 Å². The normalized spacial score (nSPS) is 18.0. The summed E-state index contributed by atoms with van der Waals surface area (Å²) in [5.74, 6) is -0.162. The molecule has 0 unspecified atom stereocenters. The molecule has 0 spiro atoms. The van der Waals surface area contributed by atoms with E-state index in [0.717, 1.165) is 31.7 Å². The molecule has 11 nitrogen and oxygen atoms in total. The third-order valence-electron chi connectivity index (χ3n) is 8.22. The third-order valence-corrected chi connectivity index (χ3v) is 8.22. The maximum Gasteiger partial charge on any atom is 0.261 e. The Morgan fingerprint density at radius 2 is 1.80 bits per heavy atom. The van der Waals surface area contributed by atoms with Crippen molar-refractivity contribution in [1.82, 2.24) is 24.3 Å². The lowest BCUT2D eigenvalue weighted by atomic mass is 9.90. The van der Waals surface area contributed by atoms with E-state index in [0.29, 0.717) is 67.6 Å². The number of aromatic nitrogens is 2. The van der Waals surface area contributed by atoms with Crippen LogP contribution in [0.4, 0.5) is 5.69 Å². The number of nitrogens with two attached hydrogens (primary N) is 1. The van der Waals surface area contributed by atoms with Gasteiger partial charge in [0, 0.05) is 70.0 Å². The van der Waals surface area contributed by atoms with Crippen LogP contribution >= 0.6 is 0 Å². The number of carbonyl (C=O) groups is 2. The molecule has 2 aliphatic heterocycles. The average Bonchev–Trinajstić information content (AvgIpc) is 2.98. The van der Waals surface area contributed by atoms with Gasteiger partial charge in [-0.15, -0.1) is 0 Å². The number of aliphatic hydroxyl groups is 1. The molecule has 3 aromatic rings. The maximum absolute atomic E-state index is 13.2. The molecule has 1 aromatic heterocycles. The number of hydrogen-bond donors (Lipinski definition) is 3. The smallest absolute Gasteiger partial charge is 0.261 e. The number of likely N-dealkylation sites (tertiary alicyclic amines) is 1. The summed E-state index contributed by atoms with van der Waals surface area (Å²) in [6.07, 6.45) is 2.54. The Bertz CT molecular complexity index is 1460. The highest BCUT2D eigenvalue weighted by molar-refractivity contribution is 5.94. The van der Waals surface area contributed by atoms with Gasteiger partial charge in [0.2, 0.25) is 5.91 Å². The van der Waals surface area contributed by atoms with Crippen LogP contribution in [0.1, 0.15) is 35.2 Å². The molecule has 41 heavy (non-hydrogen) atoms. The van der Waals surface area contributed by atoms with Crippen LogP contribution in [-0.2, 0) is 17.9 Å². The topological polar surface area (TPSA) is 137 Å². The van der Waals surface area contributed by atoms with Crippen molar-refractivity contribution in [3.05, 3.63) is 70.3 Å². The SMILES string of the molecule is CN1CCN(CCC(=O)Nc2ccc3c(=O)n(CC4(O)CCN(C(=O)c5cccc(CN)c5)CC4)cnc3c2)CC1. The lowest BCUT2D eigenvalue weighted by Gasteiger charge is -2.38. The summed E-state index contributed by atoms with van der Waals surface area (Å²) < 4.78 is 1.43. The molecule has 2 aromatic carbocycles. The fraction of sp³-hybridized carbons (Fsp3) is 0.467. The van der Waals surface area contributed by atoms with E-state index < -0.39 is 5.60 Å². The lowest BCUT2D eigenvalue weighted by molar-refractivity contribution is -0.116. The van der Waals surface area contributed by atoms with Crippen LogP contribution in [0.3, 0.4) is 0 Å². The zero-order valence-electron chi connectivity index (χ0n) is 23.6. The zero-order valence-corrected chi connectivity index (χ0v) is 23.6. The number of nitrogens with one attached hydrogen (secondary N) is 1. The van der Waals surface area contributed by atoms with E-state index in [4.69, 9.17) is 5.73 Å². The number of likely N-dealkylation sites (N-methyl/N-ethyl adjacent to an activating group) is 1. The third kappa shape index (κ3) is 6.99. The van der Waals surface area contributed by atoms with Crippen LogP contribution in [0.2, 0.25) is 0 Å². The summed E-state index contributed by atoms with van der Waals surface area (Å²) in [5.41, 5.74) is 6.87. The van der Waals surface area contributed by atoms with Crippen LogP contribution in [0.15, 0.2) is 53.6 Å². The molecular weight excluding hydrogens is 522 g/mol. The highest BCUT2D eigenvalue weighted by atomic mass is 16.3. The highest BCUT2D eigenvalue weighted by Gasteiger charge is 2.35. The zero-order chi connectivity index (χ0) is 29.0. The van der Waals surface area contributed by atoms with Gasteiger partial charge in [0.1, 0.15) is 0 Å². The molecule has 11 heteroatoms. The van der Waals surface area contributed by atoms with Crippen LogP contribution in [0.25, 0.3) is 10.9 Å². The lowest BCUT2D eigenvalue weighted by Crippen LogP contribution is -2.49. The Morgan fingerprint density at radius 1 is 1.05 bits per heavy atom. The summed E-state index contributed by atoms with van der Waals surface area (Å²) in [6, 6.07) is 12.4. The van der Waals surface area contributed by atoms with E-state index in [-0.39, 0.29) is 23.9 Å².